The van der Waals surface area contributed by atoms with E-state index in [1.807, 2.05) is 0 Å². The van der Waals surface area contributed by atoms with E-state index < -0.39 is 0 Å². The summed E-state index contributed by atoms with van der Waals surface area (Å²) in [6.07, 6.45) is 9.39. The van der Waals surface area contributed by atoms with Gasteiger partial charge in [0.05, 0.1) is 13.2 Å². The van der Waals surface area contributed by atoms with E-state index in [0.717, 1.165) is 26.0 Å². The molecule has 5 heteroatoms. The highest BCUT2D eigenvalue weighted by atomic mass is 35.5. The Balaban J connectivity index is 0.00000180. The fourth-order valence-corrected chi connectivity index (χ4v) is 2.86. The molecule has 1 heterocycles. The maximum atomic E-state index is 12.0. The van der Waals surface area contributed by atoms with E-state index in [1.54, 1.807) is 0 Å². The molecule has 1 saturated carbocycles. The summed E-state index contributed by atoms with van der Waals surface area (Å²) in [5.41, 5.74) is 0. The summed E-state index contributed by atoms with van der Waals surface area (Å²) in [6.45, 7) is 2.29. The molecule has 2 fully saturated rings. The van der Waals surface area contributed by atoms with Gasteiger partial charge in [0.2, 0.25) is 5.91 Å². The summed E-state index contributed by atoms with van der Waals surface area (Å²) in [4.78, 5) is 12.0. The zero-order chi connectivity index (χ0) is 12.6. The second-order valence-electron chi connectivity index (χ2n) is 5.54. The van der Waals surface area contributed by atoms with Crippen molar-refractivity contribution in [1.82, 2.24) is 10.6 Å². The predicted molar refractivity (Wildman–Crippen MR) is 78.7 cm³/mol. The fourth-order valence-electron chi connectivity index (χ4n) is 2.86. The Morgan fingerprint density at radius 2 is 1.84 bits per heavy atom. The van der Waals surface area contributed by atoms with Gasteiger partial charge in [-0.05, 0) is 12.8 Å². The van der Waals surface area contributed by atoms with Gasteiger partial charge in [0.15, 0.2) is 0 Å². The third kappa shape index (κ3) is 6.59. The minimum absolute atomic E-state index is 0. The van der Waals surface area contributed by atoms with Crippen LogP contribution in [0.3, 0.4) is 0 Å². The van der Waals surface area contributed by atoms with Crippen molar-refractivity contribution in [3.63, 3.8) is 0 Å². The van der Waals surface area contributed by atoms with Crippen LogP contribution in [0.1, 0.15) is 51.4 Å². The quantitative estimate of drug-likeness (QED) is 0.836. The molecule has 0 aromatic rings. The van der Waals surface area contributed by atoms with Gasteiger partial charge in [-0.25, -0.2) is 0 Å². The highest BCUT2D eigenvalue weighted by Crippen LogP contribution is 2.17. The van der Waals surface area contributed by atoms with E-state index in [-0.39, 0.29) is 24.4 Å². The van der Waals surface area contributed by atoms with E-state index in [9.17, 15) is 4.79 Å². The van der Waals surface area contributed by atoms with Gasteiger partial charge in [0.1, 0.15) is 0 Å². The predicted octanol–water partition coefficient (Wildman–Crippen LogP) is 2.02. The van der Waals surface area contributed by atoms with Gasteiger partial charge in [-0.1, -0.05) is 32.1 Å². The second kappa shape index (κ2) is 9.56. The molecule has 0 spiro atoms. The average molecular weight is 291 g/mol. The maximum absolute atomic E-state index is 12.0. The summed E-state index contributed by atoms with van der Waals surface area (Å²) in [5, 5.41) is 6.52. The highest BCUT2D eigenvalue weighted by Gasteiger charge is 2.19. The molecule has 1 saturated heterocycles. The standard InChI is InChI=1S/C14H26N2O2.ClH/c17-14(10-13-11-18-9-8-15-13)16-12-6-4-2-1-3-5-7-12;/h12-13,15H,1-11H2,(H,16,17);1H. The molecule has 1 atom stereocenters. The maximum Gasteiger partial charge on any atom is 0.221 e. The summed E-state index contributed by atoms with van der Waals surface area (Å²) < 4.78 is 5.37. The number of hydrogen-bond acceptors (Lipinski definition) is 3. The number of nitrogens with one attached hydrogen (secondary N) is 2. The molecule has 2 aliphatic rings. The first-order valence-corrected chi connectivity index (χ1v) is 7.45. The third-order valence-electron chi connectivity index (χ3n) is 3.90. The average Bonchev–Trinajstić information content (AvgIpc) is 2.34. The Kier molecular flexibility index (Phi) is 8.42. The minimum atomic E-state index is 0. The largest absolute Gasteiger partial charge is 0.378 e. The van der Waals surface area contributed by atoms with Crippen molar-refractivity contribution >= 4 is 18.3 Å². The van der Waals surface area contributed by atoms with E-state index in [4.69, 9.17) is 4.74 Å². The molecule has 0 radical (unpaired) electrons. The molecule has 0 aromatic heterocycles. The third-order valence-corrected chi connectivity index (χ3v) is 3.90. The molecule has 1 aliphatic carbocycles. The van der Waals surface area contributed by atoms with Crippen LogP contribution in [0.2, 0.25) is 0 Å². The van der Waals surface area contributed by atoms with Gasteiger partial charge in [0, 0.05) is 25.0 Å². The molecule has 1 amide bonds. The molecule has 4 nitrogen and oxygen atoms in total. The van der Waals surface area contributed by atoms with Gasteiger partial charge in [0.25, 0.3) is 0 Å². The van der Waals surface area contributed by atoms with Crippen LogP contribution in [-0.2, 0) is 9.53 Å². The Morgan fingerprint density at radius 1 is 1.16 bits per heavy atom. The van der Waals surface area contributed by atoms with Crippen LogP contribution in [0.25, 0.3) is 0 Å². The zero-order valence-electron chi connectivity index (χ0n) is 11.7. The lowest BCUT2D eigenvalue weighted by atomic mass is 9.96. The Labute approximate surface area is 122 Å². The van der Waals surface area contributed by atoms with Crippen molar-refractivity contribution < 1.29 is 9.53 Å². The van der Waals surface area contributed by atoms with Crippen LogP contribution >= 0.6 is 12.4 Å². The van der Waals surface area contributed by atoms with E-state index >= 15 is 0 Å². The molecule has 2 rings (SSSR count). The van der Waals surface area contributed by atoms with Crippen molar-refractivity contribution in [2.45, 2.75) is 63.5 Å². The van der Waals surface area contributed by atoms with Crippen molar-refractivity contribution in [2.24, 2.45) is 0 Å². The lowest BCUT2D eigenvalue weighted by molar-refractivity contribution is -0.123. The van der Waals surface area contributed by atoms with Crippen LogP contribution in [0, 0.1) is 0 Å². The molecule has 2 N–H and O–H groups in total. The van der Waals surface area contributed by atoms with Crippen LogP contribution < -0.4 is 10.6 Å². The van der Waals surface area contributed by atoms with Crippen LogP contribution in [0.15, 0.2) is 0 Å². The molecule has 1 aliphatic heterocycles. The Hall–Kier alpha value is -0.320. The van der Waals surface area contributed by atoms with E-state index in [2.05, 4.69) is 10.6 Å². The second-order valence-corrected chi connectivity index (χ2v) is 5.54. The van der Waals surface area contributed by atoms with Gasteiger partial charge in [-0.15, -0.1) is 12.4 Å². The molecule has 0 bridgehead atoms. The molecule has 19 heavy (non-hydrogen) atoms. The van der Waals surface area contributed by atoms with E-state index in [1.165, 1.54) is 32.1 Å². The number of carbonyl (C=O) groups is 1. The van der Waals surface area contributed by atoms with Crippen LogP contribution in [-0.4, -0.2) is 37.7 Å². The lowest BCUT2D eigenvalue weighted by Crippen LogP contribution is -2.45. The summed E-state index contributed by atoms with van der Waals surface area (Å²) in [5.74, 6) is 0.184. The van der Waals surface area contributed by atoms with Gasteiger partial charge >= 0.3 is 0 Å². The summed E-state index contributed by atoms with van der Waals surface area (Å²) in [7, 11) is 0. The van der Waals surface area contributed by atoms with Crippen molar-refractivity contribution in [2.75, 3.05) is 19.8 Å². The van der Waals surface area contributed by atoms with Crippen molar-refractivity contribution in [3.8, 4) is 0 Å². The number of morpholine rings is 1. The Bertz CT molecular complexity index is 250. The molecule has 1 unspecified atom stereocenters. The van der Waals surface area contributed by atoms with E-state index in [0.29, 0.717) is 19.1 Å². The first kappa shape index (κ1) is 16.7. The summed E-state index contributed by atoms with van der Waals surface area (Å²) in [6, 6.07) is 0.606. The number of carbonyl (C=O) groups excluding carboxylic acids is 1. The first-order chi connectivity index (χ1) is 8.84. The first-order valence-electron chi connectivity index (χ1n) is 7.45. The minimum Gasteiger partial charge on any atom is -0.378 e. The Morgan fingerprint density at radius 3 is 2.47 bits per heavy atom. The van der Waals surface area contributed by atoms with Crippen LogP contribution in [0.4, 0.5) is 0 Å². The monoisotopic (exact) mass is 290 g/mol. The van der Waals surface area contributed by atoms with Gasteiger partial charge in [-0.3, -0.25) is 4.79 Å². The summed E-state index contributed by atoms with van der Waals surface area (Å²) >= 11 is 0. The lowest BCUT2D eigenvalue weighted by Gasteiger charge is -2.25. The van der Waals surface area contributed by atoms with Crippen molar-refractivity contribution in [3.05, 3.63) is 0 Å². The van der Waals surface area contributed by atoms with Crippen molar-refractivity contribution in [1.29, 1.82) is 0 Å². The molecule has 0 aromatic carbocycles. The number of amides is 1. The van der Waals surface area contributed by atoms with Gasteiger partial charge < -0.3 is 15.4 Å². The number of hydrogen-bond donors (Lipinski definition) is 2. The normalized spacial score (nSPS) is 25.8. The number of ether oxygens (including phenoxy) is 1. The number of halogens is 1. The molecule has 112 valence electrons. The SMILES string of the molecule is Cl.O=C(CC1COCCN1)NC1CCCCCCC1. The smallest absolute Gasteiger partial charge is 0.221 e. The fraction of sp³-hybridized carbons (Fsp3) is 0.929. The number of rotatable bonds is 3. The zero-order valence-corrected chi connectivity index (χ0v) is 12.5. The molecular formula is C14H27ClN2O2. The molecular weight excluding hydrogens is 264 g/mol. The van der Waals surface area contributed by atoms with Crippen LogP contribution in [0.5, 0.6) is 0 Å². The highest BCUT2D eigenvalue weighted by molar-refractivity contribution is 5.85. The van der Waals surface area contributed by atoms with Gasteiger partial charge in [-0.2, -0.15) is 0 Å². The topological polar surface area (TPSA) is 50.4 Å².